The minimum atomic E-state index is 0.0786. The Morgan fingerprint density at radius 3 is 2.74 bits per heavy atom. The molecule has 0 saturated carbocycles. The van der Waals surface area contributed by atoms with Gasteiger partial charge in [0.25, 0.3) is 0 Å². The van der Waals surface area contributed by atoms with Crippen molar-refractivity contribution < 1.29 is 9.53 Å². The van der Waals surface area contributed by atoms with Gasteiger partial charge in [0.2, 0.25) is 0 Å². The molecule has 98 valence electrons. The number of hydrogen-bond acceptors (Lipinski definition) is 2. The van der Waals surface area contributed by atoms with Crippen molar-refractivity contribution in [3.8, 4) is 5.75 Å². The number of carbonyl (C=O) groups excluding carboxylic acids is 1. The van der Waals surface area contributed by atoms with Crippen LogP contribution in [0.15, 0.2) is 46.9 Å². The Labute approximate surface area is 134 Å². The van der Waals surface area contributed by atoms with Crippen LogP contribution >= 0.6 is 38.5 Å². The Hall–Kier alpha value is -0.880. The fraction of sp³-hybridized carbons (Fsp3) is 0.133. The van der Waals surface area contributed by atoms with Gasteiger partial charge in [-0.3, -0.25) is 4.79 Å². The van der Waals surface area contributed by atoms with E-state index in [1.165, 1.54) is 0 Å². The van der Waals surface area contributed by atoms with Crippen molar-refractivity contribution in [1.29, 1.82) is 0 Å². The van der Waals surface area contributed by atoms with Crippen LogP contribution in [0, 0.1) is 3.57 Å². The van der Waals surface area contributed by atoms with Gasteiger partial charge in [-0.25, -0.2) is 0 Å². The van der Waals surface area contributed by atoms with Crippen LogP contribution in [0.1, 0.15) is 15.9 Å². The highest BCUT2D eigenvalue weighted by atomic mass is 127. The van der Waals surface area contributed by atoms with Gasteiger partial charge in [0.1, 0.15) is 5.75 Å². The molecule has 0 atom stereocenters. The first-order chi connectivity index (χ1) is 9.11. The van der Waals surface area contributed by atoms with Crippen molar-refractivity contribution >= 4 is 44.3 Å². The number of benzene rings is 2. The molecule has 0 aliphatic rings. The Balaban J connectivity index is 2.28. The van der Waals surface area contributed by atoms with E-state index in [-0.39, 0.29) is 5.78 Å². The number of methoxy groups -OCH3 is 1. The summed E-state index contributed by atoms with van der Waals surface area (Å²) < 4.78 is 7.14. The minimum absolute atomic E-state index is 0.0786. The van der Waals surface area contributed by atoms with E-state index in [1.54, 1.807) is 7.11 Å². The molecule has 0 bridgehead atoms. The summed E-state index contributed by atoms with van der Waals surface area (Å²) in [6.45, 7) is 0. The number of hydrogen-bond donors (Lipinski definition) is 0. The van der Waals surface area contributed by atoms with Gasteiger partial charge in [0.15, 0.2) is 5.78 Å². The SMILES string of the molecule is COc1ccccc1CC(=O)c1cc(I)ccc1Br. The number of para-hydroxylation sites is 1. The molecule has 0 amide bonds. The van der Waals surface area contributed by atoms with Crippen molar-refractivity contribution in [2.45, 2.75) is 6.42 Å². The molecule has 0 heterocycles. The lowest BCUT2D eigenvalue weighted by Crippen LogP contribution is -2.06. The maximum absolute atomic E-state index is 12.4. The number of ether oxygens (including phenoxy) is 1. The summed E-state index contributed by atoms with van der Waals surface area (Å²) in [6, 6.07) is 13.3. The van der Waals surface area contributed by atoms with Crippen molar-refractivity contribution in [2.75, 3.05) is 7.11 Å². The van der Waals surface area contributed by atoms with E-state index in [0.717, 1.165) is 19.4 Å². The van der Waals surface area contributed by atoms with Gasteiger partial charge in [-0.1, -0.05) is 34.1 Å². The van der Waals surface area contributed by atoms with Gasteiger partial charge in [0, 0.05) is 25.6 Å². The molecule has 0 unspecified atom stereocenters. The molecule has 2 aromatic rings. The highest BCUT2D eigenvalue weighted by Gasteiger charge is 2.13. The van der Waals surface area contributed by atoms with E-state index in [0.29, 0.717) is 12.0 Å². The third kappa shape index (κ3) is 3.57. The second kappa shape index (κ2) is 6.52. The second-order valence-electron chi connectivity index (χ2n) is 4.04. The summed E-state index contributed by atoms with van der Waals surface area (Å²) in [7, 11) is 1.62. The van der Waals surface area contributed by atoms with Crippen molar-refractivity contribution in [3.63, 3.8) is 0 Å². The number of Topliss-reactive ketones (excluding diaryl/α,β-unsaturated/α-hetero) is 1. The highest BCUT2D eigenvalue weighted by molar-refractivity contribution is 14.1. The molecule has 0 spiro atoms. The van der Waals surface area contributed by atoms with Crippen molar-refractivity contribution in [2.24, 2.45) is 0 Å². The molecule has 2 nitrogen and oxygen atoms in total. The fourth-order valence-electron chi connectivity index (χ4n) is 1.83. The molecule has 0 fully saturated rings. The van der Waals surface area contributed by atoms with Gasteiger partial charge in [-0.15, -0.1) is 0 Å². The van der Waals surface area contributed by atoms with E-state index < -0.39 is 0 Å². The fourth-order valence-corrected chi connectivity index (χ4v) is 2.79. The Morgan fingerprint density at radius 1 is 1.26 bits per heavy atom. The lowest BCUT2D eigenvalue weighted by atomic mass is 10.0. The zero-order valence-electron chi connectivity index (χ0n) is 10.3. The summed E-state index contributed by atoms with van der Waals surface area (Å²) in [4.78, 5) is 12.4. The van der Waals surface area contributed by atoms with Crippen LogP contribution in [0.5, 0.6) is 5.75 Å². The highest BCUT2D eigenvalue weighted by Crippen LogP contribution is 2.24. The predicted octanol–water partition coefficient (Wildman–Crippen LogP) is 4.49. The molecular weight excluding hydrogens is 419 g/mol. The zero-order valence-corrected chi connectivity index (χ0v) is 14.1. The van der Waals surface area contributed by atoms with Crippen LogP contribution in [-0.4, -0.2) is 12.9 Å². The molecule has 4 heteroatoms. The quantitative estimate of drug-likeness (QED) is 0.527. The van der Waals surface area contributed by atoms with Crippen LogP contribution in [0.3, 0.4) is 0 Å². The molecule has 19 heavy (non-hydrogen) atoms. The normalized spacial score (nSPS) is 10.3. The number of rotatable bonds is 4. The maximum atomic E-state index is 12.4. The van der Waals surface area contributed by atoms with Crippen LogP contribution < -0.4 is 4.74 Å². The van der Waals surface area contributed by atoms with E-state index in [2.05, 4.69) is 38.5 Å². The summed E-state index contributed by atoms with van der Waals surface area (Å²) in [5.41, 5.74) is 1.61. The molecule has 0 aliphatic carbocycles. The average Bonchev–Trinajstić information content (AvgIpc) is 2.42. The largest absolute Gasteiger partial charge is 0.496 e. The number of ketones is 1. The standard InChI is InChI=1S/C15H12BrIO2/c1-19-15-5-3-2-4-10(15)8-14(18)12-9-11(17)6-7-13(12)16/h2-7,9H,8H2,1H3. The smallest absolute Gasteiger partial charge is 0.168 e. The molecule has 0 N–H and O–H groups in total. The Kier molecular flexibility index (Phi) is 4.99. The van der Waals surface area contributed by atoms with Gasteiger partial charge < -0.3 is 4.74 Å². The third-order valence-electron chi connectivity index (χ3n) is 2.77. The molecule has 0 radical (unpaired) electrons. The molecular formula is C15H12BrIO2. The van der Waals surface area contributed by atoms with Gasteiger partial charge in [-0.2, -0.15) is 0 Å². The zero-order chi connectivity index (χ0) is 13.8. The van der Waals surface area contributed by atoms with E-state index in [4.69, 9.17) is 4.74 Å². The van der Waals surface area contributed by atoms with E-state index in [1.807, 2.05) is 42.5 Å². The summed E-state index contributed by atoms with van der Waals surface area (Å²) in [5, 5.41) is 0. The van der Waals surface area contributed by atoms with Gasteiger partial charge >= 0.3 is 0 Å². The first-order valence-electron chi connectivity index (χ1n) is 5.72. The first-order valence-corrected chi connectivity index (χ1v) is 7.59. The maximum Gasteiger partial charge on any atom is 0.168 e. The van der Waals surface area contributed by atoms with E-state index in [9.17, 15) is 4.79 Å². The Bertz CT molecular complexity index is 611. The van der Waals surface area contributed by atoms with E-state index >= 15 is 0 Å². The summed E-state index contributed by atoms with van der Waals surface area (Å²) in [6.07, 6.45) is 0.336. The van der Waals surface area contributed by atoms with Crippen LogP contribution in [0.25, 0.3) is 0 Å². The Morgan fingerprint density at radius 2 is 2.00 bits per heavy atom. The van der Waals surface area contributed by atoms with Gasteiger partial charge in [0.05, 0.1) is 7.11 Å². The van der Waals surface area contributed by atoms with Crippen molar-refractivity contribution in [1.82, 2.24) is 0 Å². The lowest BCUT2D eigenvalue weighted by Gasteiger charge is -2.08. The van der Waals surface area contributed by atoms with Crippen LogP contribution in [-0.2, 0) is 6.42 Å². The van der Waals surface area contributed by atoms with Crippen LogP contribution in [0.2, 0.25) is 0 Å². The number of carbonyl (C=O) groups is 1. The lowest BCUT2D eigenvalue weighted by molar-refractivity contribution is 0.0991. The second-order valence-corrected chi connectivity index (χ2v) is 6.14. The molecule has 0 aromatic heterocycles. The molecule has 0 aliphatic heterocycles. The molecule has 0 saturated heterocycles. The van der Waals surface area contributed by atoms with Gasteiger partial charge in [-0.05, 0) is 46.9 Å². The van der Waals surface area contributed by atoms with Crippen molar-refractivity contribution in [3.05, 3.63) is 61.6 Å². The summed E-state index contributed by atoms with van der Waals surface area (Å²) in [5.74, 6) is 0.826. The van der Waals surface area contributed by atoms with Crippen LogP contribution in [0.4, 0.5) is 0 Å². The first kappa shape index (κ1) is 14.5. The average molecular weight is 431 g/mol. The minimum Gasteiger partial charge on any atom is -0.496 e. The molecule has 2 rings (SSSR count). The number of halogens is 2. The monoisotopic (exact) mass is 430 g/mol. The topological polar surface area (TPSA) is 26.3 Å². The summed E-state index contributed by atoms with van der Waals surface area (Å²) >= 11 is 5.63. The predicted molar refractivity (Wildman–Crippen MR) is 87.9 cm³/mol. The third-order valence-corrected chi connectivity index (χ3v) is 4.13. The molecule has 2 aromatic carbocycles.